The highest BCUT2D eigenvalue weighted by molar-refractivity contribution is 5.68. The number of rotatable bonds is 4. The van der Waals surface area contributed by atoms with E-state index in [0.29, 0.717) is 12.1 Å². The fourth-order valence-corrected chi connectivity index (χ4v) is 3.70. The molecule has 4 heteroatoms. The zero-order chi connectivity index (χ0) is 15.5. The van der Waals surface area contributed by atoms with Gasteiger partial charge in [-0.1, -0.05) is 12.8 Å². The van der Waals surface area contributed by atoms with E-state index in [1.807, 2.05) is 20.8 Å². The van der Waals surface area contributed by atoms with Crippen LogP contribution in [0.15, 0.2) is 0 Å². The Morgan fingerprint density at radius 1 is 1.10 bits per heavy atom. The van der Waals surface area contributed by atoms with Gasteiger partial charge in [0.05, 0.1) is 0 Å². The molecule has 2 N–H and O–H groups in total. The molecule has 0 heterocycles. The summed E-state index contributed by atoms with van der Waals surface area (Å²) in [5.41, 5.74) is -0.419. The third-order valence-corrected chi connectivity index (χ3v) is 4.76. The molecule has 2 saturated carbocycles. The van der Waals surface area contributed by atoms with Crippen LogP contribution in [0.1, 0.15) is 72.6 Å². The summed E-state index contributed by atoms with van der Waals surface area (Å²) in [5.74, 6) is 0.850. The highest BCUT2D eigenvalue weighted by Gasteiger charge is 2.30. The van der Waals surface area contributed by atoms with Gasteiger partial charge in [-0.05, 0) is 65.7 Å². The topological polar surface area (TPSA) is 50.4 Å². The van der Waals surface area contributed by atoms with E-state index in [1.54, 1.807) is 0 Å². The number of hydrogen-bond acceptors (Lipinski definition) is 3. The summed E-state index contributed by atoms with van der Waals surface area (Å²) in [6.45, 7) is 8.02. The first-order valence-corrected chi connectivity index (χ1v) is 8.59. The van der Waals surface area contributed by atoms with Crippen LogP contribution in [0.25, 0.3) is 0 Å². The highest BCUT2D eigenvalue weighted by atomic mass is 16.6. The van der Waals surface area contributed by atoms with Crippen LogP contribution < -0.4 is 10.6 Å². The lowest BCUT2D eigenvalue weighted by Crippen LogP contribution is -2.41. The van der Waals surface area contributed by atoms with Gasteiger partial charge < -0.3 is 15.4 Å². The van der Waals surface area contributed by atoms with E-state index >= 15 is 0 Å². The van der Waals surface area contributed by atoms with Crippen molar-refractivity contribution in [2.45, 2.75) is 96.4 Å². The minimum Gasteiger partial charge on any atom is -0.444 e. The molecule has 4 nitrogen and oxygen atoms in total. The van der Waals surface area contributed by atoms with Crippen LogP contribution in [0, 0.1) is 5.92 Å². The van der Waals surface area contributed by atoms with Gasteiger partial charge in [0.1, 0.15) is 5.60 Å². The predicted molar refractivity (Wildman–Crippen MR) is 85.4 cm³/mol. The van der Waals surface area contributed by atoms with Crippen molar-refractivity contribution in [3.8, 4) is 0 Å². The molecule has 0 spiro atoms. The van der Waals surface area contributed by atoms with Gasteiger partial charge >= 0.3 is 6.09 Å². The molecule has 122 valence electrons. The van der Waals surface area contributed by atoms with E-state index < -0.39 is 5.60 Å². The van der Waals surface area contributed by atoms with E-state index in [1.165, 1.54) is 25.7 Å². The molecule has 2 aliphatic carbocycles. The van der Waals surface area contributed by atoms with Crippen LogP contribution in [0.2, 0.25) is 0 Å². The Balaban J connectivity index is 1.69. The molecule has 0 aromatic rings. The smallest absolute Gasteiger partial charge is 0.407 e. The van der Waals surface area contributed by atoms with E-state index in [-0.39, 0.29) is 12.1 Å². The maximum Gasteiger partial charge on any atom is 0.407 e. The molecule has 0 bridgehead atoms. The standard InChI is InChI=1S/C17H32N2O2/c1-12(13-7-5-6-8-13)18-14-9-10-15(11-14)19-16(20)21-17(2,3)4/h12-15,18H,5-11H2,1-4H3,(H,19,20)/t12-,14?,15?/m0/s1. The van der Waals surface area contributed by atoms with Crippen molar-refractivity contribution >= 4 is 6.09 Å². The second kappa shape index (κ2) is 6.99. The molecule has 0 radical (unpaired) electrons. The molecule has 3 atom stereocenters. The summed E-state index contributed by atoms with van der Waals surface area (Å²) in [5, 5.41) is 6.79. The van der Waals surface area contributed by atoms with Crippen molar-refractivity contribution in [1.82, 2.24) is 10.6 Å². The van der Waals surface area contributed by atoms with Crippen molar-refractivity contribution in [2.75, 3.05) is 0 Å². The Morgan fingerprint density at radius 2 is 1.71 bits per heavy atom. The first-order chi connectivity index (χ1) is 9.83. The minimum atomic E-state index is -0.419. The lowest BCUT2D eigenvalue weighted by Gasteiger charge is -2.25. The third kappa shape index (κ3) is 5.50. The summed E-state index contributed by atoms with van der Waals surface area (Å²) in [6.07, 6.45) is 8.48. The molecule has 2 fully saturated rings. The normalized spacial score (nSPS) is 28.6. The molecule has 21 heavy (non-hydrogen) atoms. The van der Waals surface area contributed by atoms with Gasteiger partial charge in [0.15, 0.2) is 0 Å². The van der Waals surface area contributed by atoms with Crippen LogP contribution in [0.5, 0.6) is 0 Å². The molecule has 2 aliphatic rings. The number of carbonyl (C=O) groups is 1. The average molecular weight is 296 g/mol. The number of amides is 1. The number of alkyl carbamates (subject to hydrolysis) is 1. The maximum atomic E-state index is 11.8. The van der Waals surface area contributed by atoms with Gasteiger partial charge in [-0.2, -0.15) is 0 Å². The Morgan fingerprint density at radius 3 is 2.33 bits per heavy atom. The number of hydrogen-bond donors (Lipinski definition) is 2. The summed E-state index contributed by atoms with van der Waals surface area (Å²) in [4.78, 5) is 11.8. The van der Waals surface area contributed by atoms with E-state index in [4.69, 9.17) is 4.74 Å². The second-order valence-corrected chi connectivity index (χ2v) is 7.85. The van der Waals surface area contributed by atoms with Crippen molar-refractivity contribution in [1.29, 1.82) is 0 Å². The molecular weight excluding hydrogens is 264 g/mol. The molecule has 1 amide bonds. The second-order valence-electron chi connectivity index (χ2n) is 7.85. The van der Waals surface area contributed by atoms with Crippen LogP contribution >= 0.6 is 0 Å². The minimum absolute atomic E-state index is 0.258. The van der Waals surface area contributed by atoms with Crippen LogP contribution in [0.3, 0.4) is 0 Å². The SMILES string of the molecule is C[C@H](NC1CCC(NC(=O)OC(C)(C)C)C1)C1CCCC1. The van der Waals surface area contributed by atoms with Crippen molar-refractivity contribution in [3.05, 3.63) is 0 Å². The first kappa shape index (κ1) is 16.6. The van der Waals surface area contributed by atoms with Crippen molar-refractivity contribution in [2.24, 2.45) is 5.92 Å². The van der Waals surface area contributed by atoms with E-state index in [2.05, 4.69) is 17.6 Å². The average Bonchev–Trinajstić information content (AvgIpc) is 2.97. The van der Waals surface area contributed by atoms with Crippen LogP contribution in [-0.2, 0) is 4.74 Å². The zero-order valence-corrected chi connectivity index (χ0v) is 14.1. The van der Waals surface area contributed by atoms with Gasteiger partial charge in [0.2, 0.25) is 0 Å². The van der Waals surface area contributed by atoms with Crippen LogP contribution in [-0.4, -0.2) is 29.8 Å². The molecule has 2 rings (SSSR count). The van der Waals surface area contributed by atoms with Crippen molar-refractivity contribution in [3.63, 3.8) is 0 Å². The fraction of sp³-hybridized carbons (Fsp3) is 0.941. The quantitative estimate of drug-likeness (QED) is 0.833. The number of ether oxygens (including phenoxy) is 1. The maximum absolute atomic E-state index is 11.8. The van der Waals surface area contributed by atoms with E-state index in [9.17, 15) is 4.79 Å². The molecular formula is C17H32N2O2. The predicted octanol–water partition coefficient (Wildman–Crippen LogP) is 3.60. The van der Waals surface area contributed by atoms with E-state index in [0.717, 1.165) is 25.2 Å². The molecule has 0 aromatic heterocycles. The third-order valence-electron chi connectivity index (χ3n) is 4.76. The lowest BCUT2D eigenvalue weighted by atomic mass is 9.99. The fourth-order valence-electron chi connectivity index (χ4n) is 3.70. The largest absolute Gasteiger partial charge is 0.444 e. The van der Waals surface area contributed by atoms with Gasteiger partial charge in [0.25, 0.3) is 0 Å². The Labute approximate surface area is 129 Å². The van der Waals surface area contributed by atoms with Crippen molar-refractivity contribution < 1.29 is 9.53 Å². The van der Waals surface area contributed by atoms with Gasteiger partial charge in [-0.15, -0.1) is 0 Å². The highest BCUT2D eigenvalue weighted by Crippen LogP contribution is 2.29. The Kier molecular flexibility index (Phi) is 5.53. The van der Waals surface area contributed by atoms with Crippen LogP contribution in [0.4, 0.5) is 4.79 Å². The summed E-state index contributed by atoms with van der Waals surface area (Å²) < 4.78 is 5.33. The monoisotopic (exact) mass is 296 g/mol. The molecule has 0 aliphatic heterocycles. The van der Waals surface area contributed by atoms with Gasteiger partial charge in [-0.3, -0.25) is 0 Å². The van der Waals surface area contributed by atoms with Gasteiger partial charge in [0, 0.05) is 18.1 Å². The Hall–Kier alpha value is -0.770. The summed E-state index contributed by atoms with van der Waals surface area (Å²) in [6, 6.07) is 1.41. The Bertz CT molecular complexity index is 345. The molecule has 0 saturated heterocycles. The number of nitrogens with one attached hydrogen (secondary N) is 2. The summed E-state index contributed by atoms with van der Waals surface area (Å²) >= 11 is 0. The number of carbonyl (C=O) groups excluding carboxylic acids is 1. The lowest BCUT2D eigenvalue weighted by molar-refractivity contribution is 0.0505. The molecule has 2 unspecified atom stereocenters. The first-order valence-electron chi connectivity index (χ1n) is 8.59. The molecule has 0 aromatic carbocycles. The zero-order valence-electron chi connectivity index (χ0n) is 14.1. The summed E-state index contributed by atoms with van der Waals surface area (Å²) in [7, 11) is 0. The van der Waals surface area contributed by atoms with Gasteiger partial charge in [-0.25, -0.2) is 4.79 Å².